The fraction of sp³-hybridized carbons (Fsp3) is 0.310. The van der Waals surface area contributed by atoms with Crippen LogP contribution in [0.15, 0.2) is 84.9 Å². The quantitative estimate of drug-likeness (QED) is 0.394. The van der Waals surface area contributed by atoms with E-state index in [0.717, 1.165) is 11.1 Å². The Morgan fingerprint density at radius 2 is 1.34 bits per heavy atom. The number of benzene rings is 3. The molecule has 0 bridgehead atoms. The topological polar surface area (TPSA) is 67.9 Å². The monoisotopic (exact) mass is 476 g/mol. The van der Waals surface area contributed by atoms with E-state index in [1.54, 1.807) is 45.0 Å². The van der Waals surface area contributed by atoms with Gasteiger partial charge in [0, 0.05) is 12.2 Å². The van der Waals surface area contributed by atoms with Crippen LogP contribution in [0.5, 0.6) is 5.75 Å². The van der Waals surface area contributed by atoms with Crippen LogP contribution in [0.3, 0.4) is 0 Å². The molecule has 1 N–H and O–H groups in total. The number of carbonyl (C=O) groups is 2. The molecule has 0 aliphatic carbocycles. The molecular weight excluding hydrogens is 440 g/mol. The Hall–Kier alpha value is -3.80. The first kappa shape index (κ1) is 27.4. The summed E-state index contributed by atoms with van der Waals surface area (Å²) in [5, 5.41) is 2.83. The average Bonchev–Trinajstić information content (AvgIpc) is 2.85. The summed E-state index contributed by atoms with van der Waals surface area (Å²) < 4.78 is 11.3. The van der Waals surface area contributed by atoms with Crippen molar-refractivity contribution < 1.29 is 19.1 Å². The highest BCUT2D eigenvalue weighted by Crippen LogP contribution is 2.18. The molecule has 6 heteroatoms. The fourth-order valence-corrected chi connectivity index (χ4v) is 3.06. The minimum atomic E-state index is -0.655. The van der Waals surface area contributed by atoms with Crippen LogP contribution in [-0.4, -0.2) is 29.0 Å². The molecule has 2 amide bonds. The largest absolute Gasteiger partial charge is 0.489 e. The molecule has 0 saturated heterocycles. The van der Waals surface area contributed by atoms with Gasteiger partial charge in [-0.1, -0.05) is 74.5 Å². The summed E-state index contributed by atoms with van der Waals surface area (Å²) in [5.74, 6) is 0.394. The summed E-state index contributed by atoms with van der Waals surface area (Å²) >= 11 is 0. The van der Waals surface area contributed by atoms with Gasteiger partial charge in [0.2, 0.25) is 5.91 Å². The van der Waals surface area contributed by atoms with Crippen molar-refractivity contribution in [3.63, 3.8) is 0 Å². The van der Waals surface area contributed by atoms with E-state index in [1.807, 2.05) is 74.5 Å². The highest BCUT2D eigenvalue weighted by molar-refractivity contribution is 5.93. The molecule has 0 aliphatic rings. The standard InChI is InChI=1S/C27H30N2O4.C2H6/c1-27(2,3)33-26(31)29(18-21-10-6-4-7-11-21)19-25(30)28-23-14-16-24(17-15-23)32-20-22-12-8-5-9-13-22;1-2/h4-17H,18-20H2,1-3H3,(H,28,30);1-2H3. The Kier molecular flexibility index (Phi) is 10.8. The molecule has 6 nitrogen and oxygen atoms in total. The van der Waals surface area contributed by atoms with Gasteiger partial charge in [-0.2, -0.15) is 0 Å². The summed E-state index contributed by atoms with van der Waals surface area (Å²) in [6.07, 6.45) is -0.536. The minimum Gasteiger partial charge on any atom is -0.489 e. The van der Waals surface area contributed by atoms with Gasteiger partial charge in [0.1, 0.15) is 24.5 Å². The summed E-state index contributed by atoms with van der Waals surface area (Å²) in [6.45, 7) is 10.0. The lowest BCUT2D eigenvalue weighted by Gasteiger charge is -2.27. The Bertz CT molecular complexity index is 1030. The lowest BCUT2D eigenvalue weighted by molar-refractivity contribution is -0.117. The molecule has 3 rings (SSSR count). The van der Waals surface area contributed by atoms with Gasteiger partial charge in [0.05, 0.1) is 0 Å². The molecule has 0 aliphatic heterocycles. The van der Waals surface area contributed by atoms with Crippen LogP contribution in [0, 0.1) is 0 Å². The second-order valence-corrected chi connectivity index (χ2v) is 8.67. The molecule has 0 radical (unpaired) electrons. The van der Waals surface area contributed by atoms with Gasteiger partial charge >= 0.3 is 6.09 Å². The first-order valence-corrected chi connectivity index (χ1v) is 11.9. The van der Waals surface area contributed by atoms with Crippen molar-refractivity contribution in [2.24, 2.45) is 0 Å². The van der Waals surface area contributed by atoms with E-state index in [2.05, 4.69) is 5.32 Å². The maximum atomic E-state index is 12.7. The second-order valence-electron chi connectivity index (χ2n) is 8.67. The summed E-state index contributed by atoms with van der Waals surface area (Å²) in [4.78, 5) is 26.8. The maximum absolute atomic E-state index is 12.7. The van der Waals surface area contributed by atoms with Crippen LogP contribution >= 0.6 is 0 Å². The zero-order chi connectivity index (χ0) is 25.7. The zero-order valence-electron chi connectivity index (χ0n) is 21.3. The van der Waals surface area contributed by atoms with Crippen molar-refractivity contribution in [1.82, 2.24) is 4.90 Å². The number of rotatable bonds is 8. The molecule has 0 atom stereocenters. The van der Waals surface area contributed by atoms with Crippen LogP contribution < -0.4 is 10.1 Å². The summed E-state index contributed by atoms with van der Waals surface area (Å²) in [7, 11) is 0. The van der Waals surface area contributed by atoms with Crippen LogP contribution in [-0.2, 0) is 22.7 Å². The van der Waals surface area contributed by atoms with E-state index in [0.29, 0.717) is 18.0 Å². The van der Waals surface area contributed by atoms with E-state index in [4.69, 9.17) is 9.47 Å². The minimum absolute atomic E-state index is 0.129. The Morgan fingerprint density at radius 3 is 1.89 bits per heavy atom. The highest BCUT2D eigenvalue weighted by Gasteiger charge is 2.24. The molecule has 3 aromatic carbocycles. The first-order valence-electron chi connectivity index (χ1n) is 11.9. The van der Waals surface area contributed by atoms with E-state index in [-0.39, 0.29) is 19.0 Å². The number of nitrogens with zero attached hydrogens (tertiary/aromatic N) is 1. The van der Waals surface area contributed by atoms with Gasteiger partial charge in [-0.05, 0) is 56.2 Å². The number of hydrogen-bond donors (Lipinski definition) is 1. The van der Waals surface area contributed by atoms with Crippen molar-refractivity contribution in [1.29, 1.82) is 0 Å². The van der Waals surface area contributed by atoms with Crippen LogP contribution in [0.1, 0.15) is 45.7 Å². The summed E-state index contributed by atoms with van der Waals surface area (Å²) in [6, 6.07) is 26.5. The Balaban J connectivity index is 0.00000210. The van der Waals surface area contributed by atoms with Crippen LogP contribution in [0.2, 0.25) is 0 Å². The number of amides is 2. The Morgan fingerprint density at radius 1 is 0.800 bits per heavy atom. The molecule has 0 unspecified atom stereocenters. The number of nitrogens with one attached hydrogen (secondary N) is 1. The molecule has 0 spiro atoms. The van der Waals surface area contributed by atoms with Crippen molar-refractivity contribution >= 4 is 17.7 Å². The number of ether oxygens (including phenoxy) is 2. The maximum Gasteiger partial charge on any atom is 0.411 e. The van der Waals surface area contributed by atoms with Gasteiger partial charge in [-0.25, -0.2) is 4.79 Å². The van der Waals surface area contributed by atoms with Crippen molar-refractivity contribution in [3.8, 4) is 5.75 Å². The van der Waals surface area contributed by atoms with Gasteiger partial charge in [-0.3, -0.25) is 9.69 Å². The highest BCUT2D eigenvalue weighted by atomic mass is 16.6. The van der Waals surface area contributed by atoms with Crippen LogP contribution in [0.25, 0.3) is 0 Å². The second kappa shape index (κ2) is 13.8. The first-order chi connectivity index (χ1) is 16.8. The smallest absolute Gasteiger partial charge is 0.411 e. The van der Waals surface area contributed by atoms with Gasteiger partial charge in [0.25, 0.3) is 0 Å². The number of anilines is 1. The molecule has 186 valence electrons. The Labute approximate surface area is 208 Å². The molecule has 0 saturated carbocycles. The molecular formula is C29H36N2O4. The van der Waals surface area contributed by atoms with Crippen LogP contribution in [0.4, 0.5) is 10.5 Å². The van der Waals surface area contributed by atoms with E-state index in [9.17, 15) is 9.59 Å². The zero-order valence-corrected chi connectivity index (χ0v) is 21.3. The third-order valence-electron chi connectivity index (χ3n) is 4.59. The molecule has 3 aromatic rings. The lowest BCUT2D eigenvalue weighted by atomic mass is 10.2. The third kappa shape index (κ3) is 10.3. The van der Waals surface area contributed by atoms with Crippen molar-refractivity contribution in [2.45, 2.75) is 53.4 Å². The molecule has 35 heavy (non-hydrogen) atoms. The van der Waals surface area contributed by atoms with E-state index < -0.39 is 11.7 Å². The number of hydrogen-bond acceptors (Lipinski definition) is 4. The van der Waals surface area contributed by atoms with Crippen molar-refractivity contribution in [2.75, 3.05) is 11.9 Å². The number of carbonyl (C=O) groups excluding carboxylic acids is 2. The fourth-order valence-electron chi connectivity index (χ4n) is 3.06. The third-order valence-corrected chi connectivity index (χ3v) is 4.59. The molecule has 0 heterocycles. The predicted molar refractivity (Wildman–Crippen MR) is 140 cm³/mol. The normalized spacial score (nSPS) is 10.4. The molecule has 0 aromatic heterocycles. The predicted octanol–water partition coefficient (Wildman–Crippen LogP) is 6.67. The lowest BCUT2D eigenvalue weighted by Crippen LogP contribution is -2.40. The van der Waals surface area contributed by atoms with Gasteiger partial charge < -0.3 is 14.8 Å². The van der Waals surface area contributed by atoms with E-state index >= 15 is 0 Å². The van der Waals surface area contributed by atoms with Gasteiger partial charge in [0.15, 0.2) is 0 Å². The van der Waals surface area contributed by atoms with Gasteiger partial charge in [-0.15, -0.1) is 0 Å². The average molecular weight is 477 g/mol. The SMILES string of the molecule is CC.CC(C)(C)OC(=O)N(CC(=O)Nc1ccc(OCc2ccccc2)cc1)Cc1ccccc1. The summed E-state index contributed by atoms with van der Waals surface area (Å²) in [5.41, 5.74) is 1.96. The van der Waals surface area contributed by atoms with E-state index in [1.165, 1.54) is 4.90 Å². The molecule has 0 fully saturated rings. The van der Waals surface area contributed by atoms with Crippen molar-refractivity contribution in [3.05, 3.63) is 96.1 Å².